The van der Waals surface area contributed by atoms with Crippen LogP contribution in [0.5, 0.6) is 0 Å². The van der Waals surface area contributed by atoms with Gasteiger partial charge < -0.3 is 19.6 Å². The van der Waals surface area contributed by atoms with Gasteiger partial charge >= 0.3 is 0 Å². The number of nitrogens with one attached hydrogen (secondary N) is 1. The van der Waals surface area contributed by atoms with Gasteiger partial charge in [0.25, 0.3) is 5.22 Å². The van der Waals surface area contributed by atoms with E-state index in [9.17, 15) is 0 Å². The number of aromatic nitrogens is 5. The number of anilines is 1. The van der Waals surface area contributed by atoms with Crippen LogP contribution >= 0.6 is 23.1 Å². The van der Waals surface area contributed by atoms with E-state index in [1.807, 2.05) is 12.1 Å². The largest absolute Gasteiger partial charge is 0.414 e. The predicted molar refractivity (Wildman–Crippen MR) is 93.4 cm³/mol. The molecular formula is C14H16N6O3S2. The van der Waals surface area contributed by atoms with E-state index >= 15 is 0 Å². The molecule has 11 heteroatoms. The lowest BCUT2D eigenvalue weighted by atomic mass is 10.3. The van der Waals surface area contributed by atoms with E-state index < -0.39 is 0 Å². The molecule has 0 aromatic carbocycles. The summed E-state index contributed by atoms with van der Waals surface area (Å²) in [5.74, 6) is 1.15. The molecular weight excluding hydrogens is 364 g/mol. The van der Waals surface area contributed by atoms with Gasteiger partial charge in [-0.15, -0.1) is 20.4 Å². The van der Waals surface area contributed by atoms with Crippen LogP contribution in [-0.4, -0.2) is 56.1 Å². The molecule has 0 spiro atoms. The van der Waals surface area contributed by atoms with Gasteiger partial charge in [0.1, 0.15) is 0 Å². The summed E-state index contributed by atoms with van der Waals surface area (Å²) < 4.78 is 10.7. The van der Waals surface area contributed by atoms with E-state index in [0.29, 0.717) is 41.8 Å². The maximum atomic E-state index is 8.61. The first-order valence-corrected chi connectivity index (χ1v) is 9.27. The first kappa shape index (κ1) is 17.7. The van der Waals surface area contributed by atoms with Gasteiger partial charge in [0.05, 0.1) is 26.4 Å². The Labute approximate surface area is 151 Å². The molecule has 0 radical (unpaired) electrons. The molecule has 132 valence electrons. The summed E-state index contributed by atoms with van der Waals surface area (Å²) in [6.07, 6.45) is 3.46. The fourth-order valence-electron chi connectivity index (χ4n) is 1.77. The molecule has 0 amide bonds. The first-order valence-electron chi connectivity index (χ1n) is 7.46. The number of aliphatic hydroxyl groups excluding tert-OH is 1. The number of hydrogen-bond donors (Lipinski definition) is 2. The molecule has 3 aromatic rings. The maximum absolute atomic E-state index is 8.61. The third-order valence-corrected chi connectivity index (χ3v) is 4.57. The standard InChI is InChI=1S/C14H16N6O3S2/c21-4-5-22-6-7-24-14-20-17-11(23-14)9-16-13-19-18-12(25-13)10-2-1-3-15-8-10/h1-3,8,21H,4-7,9H2,(H,16,19). The molecule has 0 aliphatic carbocycles. The predicted octanol–water partition coefficient (Wildman–Crippen LogP) is 1.70. The van der Waals surface area contributed by atoms with E-state index in [-0.39, 0.29) is 6.61 Å². The highest BCUT2D eigenvalue weighted by molar-refractivity contribution is 7.99. The first-order chi connectivity index (χ1) is 12.3. The molecule has 3 heterocycles. The van der Waals surface area contributed by atoms with E-state index in [0.717, 1.165) is 10.6 Å². The second kappa shape index (κ2) is 9.42. The average molecular weight is 380 g/mol. The van der Waals surface area contributed by atoms with Gasteiger partial charge in [-0.2, -0.15) is 0 Å². The second-order valence-corrected chi connectivity index (χ2v) is 6.68. The van der Waals surface area contributed by atoms with Crippen molar-refractivity contribution in [3.05, 3.63) is 30.4 Å². The van der Waals surface area contributed by atoms with Crippen LogP contribution in [0.15, 0.2) is 34.2 Å². The third kappa shape index (κ3) is 5.46. The molecule has 0 aliphatic rings. The fraction of sp³-hybridized carbons (Fsp3) is 0.357. The second-order valence-electron chi connectivity index (χ2n) is 4.65. The Morgan fingerprint density at radius 1 is 1.24 bits per heavy atom. The summed E-state index contributed by atoms with van der Waals surface area (Å²) in [6, 6.07) is 3.79. The lowest BCUT2D eigenvalue weighted by molar-refractivity contribution is 0.103. The number of thioether (sulfide) groups is 1. The Hall–Kier alpha value is -2.08. The number of pyridine rings is 1. The monoisotopic (exact) mass is 380 g/mol. The molecule has 2 N–H and O–H groups in total. The summed E-state index contributed by atoms with van der Waals surface area (Å²) in [4.78, 5) is 4.07. The normalized spacial score (nSPS) is 10.9. The maximum Gasteiger partial charge on any atom is 0.276 e. The molecule has 3 aromatic heterocycles. The fourth-order valence-corrected chi connectivity index (χ4v) is 3.13. The molecule has 0 saturated heterocycles. The van der Waals surface area contributed by atoms with Crippen molar-refractivity contribution in [3.63, 3.8) is 0 Å². The van der Waals surface area contributed by atoms with Crippen LogP contribution in [0.1, 0.15) is 5.89 Å². The van der Waals surface area contributed by atoms with Gasteiger partial charge in [0.15, 0.2) is 5.01 Å². The molecule has 25 heavy (non-hydrogen) atoms. The Balaban J connectivity index is 1.45. The van der Waals surface area contributed by atoms with Crippen molar-refractivity contribution in [1.82, 2.24) is 25.4 Å². The van der Waals surface area contributed by atoms with Crippen molar-refractivity contribution in [1.29, 1.82) is 0 Å². The highest BCUT2D eigenvalue weighted by Crippen LogP contribution is 2.25. The summed E-state index contributed by atoms with van der Waals surface area (Å²) in [5.41, 5.74) is 0.924. The van der Waals surface area contributed by atoms with Crippen molar-refractivity contribution in [2.75, 3.05) is 30.9 Å². The van der Waals surface area contributed by atoms with Crippen LogP contribution in [0.2, 0.25) is 0 Å². The van der Waals surface area contributed by atoms with Crippen LogP contribution in [0.3, 0.4) is 0 Å². The number of aliphatic hydroxyl groups is 1. The summed E-state index contributed by atoms with van der Waals surface area (Å²) in [7, 11) is 0. The molecule has 0 unspecified atom stereocenters. The number of rotatable bonds is 10. The van der Waals surface area contributed by atoms with Gasteiger partial charge in [0, 0.05) is 23.7 Å². The minimum absolute atomic E-state index is 0.0230. The Morgan fingerprint density at radius 3 is 3.04 bits per heavy atom. The van der Waals surface area contributed by atoms with E-state index in [1.165, 1.54) is 23.1 Å². The molecule has 9 nitrogen and oxygen atoms in total. The van der Waals surface area contributed by atoms with Crippen molar-refractivity contribution < 1.29 is 14.3 Å². The molecule has 0 saturated carbocycles. The summed E-state index contributed by atoms with van der Waals surface area (Å²) in [5, 5.41) is 29.8. The third-order valence-electron chi connectivity index (χ3n) is 2.86. The van der Waals surface area contributed by atoms with Crippen molar-refractivity contribution in [2.45, 2.75) is 11.8 Å². The molecule has 0 aliphatic heterocycles. The van der Waals surface area contributed by atoms with Gasteiger partial charge in [-0.1, -0.05) is 23.1 Å². The lowest BCUT2D eigenvalue weighted by Crippen LogP contribution is -2.02. The van der Waals surface area contributed by atoms with Crippen molar-refractivity contribution >= 4 is 28.2 Å². The minimum Gasteiger partial charge on any atom is -0.414 e. The van der Waals surface area contributed by atoms with Crippen LogP contribution in [0, 0.1) is 0 Å². The average Bonchev–Trinajstić information content (AvgIpc) is 3.30. The van der Waals surface area contributed by atoms with Crippen LogP contribution in [0.25, 0.3) is 10.6 Å². The minimum atomic E-state index is 0.0230. The van der Waals surface area contributed by atoms with Gasteiger partial charge in [0.2, 0.25) is 11.0 Å². The summed E-state index contributed by atoms with van der Waals surface area (Å²) in [6.45, 7) is 1.25. The van der Waals surface area contributed by atoms with E-state index in [4.69, 9.17) is 14.3 Å². The number of ether oxygens (including phenoxy) is 1. The van der Waals surface area contributed by atoms with E-state index in [2.05, 4.69) is 30.7 Å². The van der Waals surface area contributed by atoms with Crippen molar-refractivity contribution in [2.24, 2.45) is 0 Å². The summed E-state index contributed by atoms with van der Waals surface area (Å²) >= 11 is 2.84. The molecule has 0 bridgehead atoms. The Kier molecular flexibility index (Phi) is 6.68. The van der Waals surface area contributed by atoms with Gasteiger partial charge in [-0.3, -0.25) is 4.98 Å². The van der Waals surface area contributed by atoms with Crippen LogP contribution in [-0.2, 0) is 11.3 Å². The zero-order valence-electron chi connectivity index (χ0n) is 13.2. The molecule has 0 atom stereocenters. The highest BCUT2D eigenvalue weighted by atomic mass is 32.2. The highest BCUT2D eigenvalue weighted by Gasteiger charge is 2.09. The van der Waals surface area contributed by atoms with Gasteiger partial charge in [-0.25, -0.2) is 0 Å². The Bertz CT molecular complexity index is 767. The van der Waals surface area contributed by atoms with Crippen molar-refractivity contribution in [3.8, 4) is 10.6 Å². The van der Waals surface area contributed by atoms with Crippen LogP contribution in [0.4, 0.5) is 5.13 Å². The van der Waals surface area contributed by atoms with Crippen LogP contribution < -0.4 is 5.32 Å². The lowest BCUT2D eigenvalue weighted by Gasteiger charge is -1.99. The zero-order valence-corrected chi connectivity index (χ0v) is 14.8. The number of hydrogen-bond acceptors (Lipinski definition) is 11. The van der Waals surface area contributed by atoms with E-state index in [1.54, 1.807) is 12.4 Å². The quantitative estimate of drug-likeness (QED) is 0.397. The SMILES string of the molecule is OCCOCCSc1nnc(CNc2nnc(-c3cccnc3)s2)o1. The zero-order chi connectivity index (χ0) is 17.3. The smallest absolute Gasteiger partial charge is 0.276 e. The topological polar surface area (TPSA) is 119 Å². The van der Waals surface area contributed by atoms with Gasteiger partial charge in [-0.05, 0) is 12.1 Å². The Morgan fingerprint density at radius 2 is 2.20 bits per heavy atom. The molecule has 0 fully saturated rings. The number of nitrogens with zero attached hydrogens (tertiary/aromatic N) is 5. The molecule has 3 rings (SSSR count).